The van der Waals surface area contributed by atoms with Gasteiger partial charge in [0.1, 0.15) is 0 Å². The van der Waals surface area contributed by atoms with Crippen LogP contribution in [0.4, 0.5) is 0 Å². The van der Waals surface area contributed by atoms with Crippen LogP contribution in [-0.4, -0.2) is 74.1 Å². The Hall–Kier alpha value is -1.44. The van der Waals surface area contributed by atoms with Crippen molar-refractivity contribution in [3.8, 4) is 0 Å². The molecule has 0 unspecified atom stereocenters. The number of hydrogen-bond donors (Lipinski definition) is 1. The van der Waals surface area contributed by atoms with Gasteiger partial charge < -0.3 is 15.0 Å². The molecule has 24 heavy (non-hydrogen) atoms. The number of morpholine rings is 1. The molecule has 2 amide bonds. The van der Waals surface area contributed by atoms with Crippen molar-refractivity contribution in [2.45, 2.75) is 12.8 Å². The number of rotatable bonds is 5. The summed E-state index contributed by atoms with van der Waals surface area (Å²) >= 11 is 1.47. The van der Waals surface area contributed by atoms with Crippen molar-refractivity contribution in [1.82, 2.24) is 15.1 Å². The van der Waals surface area contributed by atoms with E-state index in [0.29, 0.717) is 19.6 Å². The number of nitrogens with zero attached hydrogens (tertiary/aromatic N) is 2. The Labute approximate surface area is 146 Å². The van der Waals surface area contributed by atoms with Gasteiger partial charge in [0.2, 0.25) is 5.91 Å². The zero-order valence-electron chi connectivity index (χ0n) is 13.9. The van der Waals surface area contributed by atoms with Crippen LogP contribution < -0.4 is 5.32 Å². The first-order chi connectivity index (χ1) is 11.7. The van der Waals surface area contributed by atoms with Crippen LogP contribution in [0.1, 0.15) is 22.5 Å². The van der Waals surface area contributed by atoms with E-state index in [2.05, 4.69) is 10.2 Å². The Morgan fingerprint density at radius 3 is 2.62 bits per heavy atom. The Morgan fingerprint density at radius 1 is 1.21 bits per heavy atom. The first-order valence-electron chi connectivity index (χ1n) is 8.64. The summed E-state index contributed by atoms with van der Waals surface area (Å²) in [5, 5.41) is 4.97. The summed E-state index contributed by atoms with van der Waals surface area (Å²) in [4.78, 5) is 29.6. The highest BCUT2D eigenvalue weighted by atomic mass is 32.1. The molecule has 3 rings (SSSR count). The average Bonchev–Trinajstić information content (AvgIpc) is 3.17. The number of hydrogen-bond acceptors (Lipinski definition) is 5. The molecule has 2 aliphatic heterocycles. The van der Waals surface area contributed by atoms with E-state index in [4.69, 9.17) is 4.74 Å². The third kappa shape index (κ3) is 4.55. The van der Waals surface area contributed by atoms with E-state index >= 15 is 0 Å². The fourth-order valence-electron chi connectivity index (χ4n) is 3.21. The Morgan fingerprint density at radius 2 is 1.96 bits per heavy atom. The van der Waals surface area contributed by atoms with Gasteiger partial charge in [-0.2, -0.15) is 0 Å². The number of carbonyl (C=O) groups excluding carboxylic acids is 2. The van der Waals surface area contributed by atoms with Gasteiger partial charge in [0.15, 0.2) is 0 Å². The van der Waals surface area contributed by atoms with E-state index in [9.17, 15) is 9.59 Å². The molecular weight excluding hydrogens is 326 g/mol. The lowest BCUT2D eigenvalue weighted by Gasteiger charge is -2.31. The van der Waals surface area contributed by atoms with Gasteiger partial charge in [0, 0.05) is 45.2 Å². The molecule has 0 aromatic carbocycles. The van der Waals surface area contributed by atoms with E-state index in [-0.39, 0.29) is 17.7 Å². The fraction of sp³-hybridized carbons (Fsp3) is 0.647. The molecule has 0 atom stereocenters. The highest BCUT2D eigenvalue weighted by molar-refractivity contribution is 7.12. The molecule has 132 valence electrons. The minimum absolute atomic E-state index is 0.0297. The Bertz CT molecular complexity index is 535. The van der Waals surface area contributed by atoms with Crippen LogP contribution in [0.15, 0.2) is 17.5 Å². The number of thiophene rings is 1. The minimum Gasteiger partial charge on any atom is -0.379 e. The van der Waals surface area contributed by atoms with Gasteiger partial charge in [0.25, 0.3) is 5.91 Å². The maximum Gasteiger partial charge on any atom is 0.263 e. The number of piperidine rings is 1. The quantitative estimate of drug-likeness (QED) is 0.861. The second kappa shape index (κ2) is 8.60. The molecule has 6 nitrogen and oxygen atoms in total. The van der Waals surface area contributed by atoms with E-state index in [1.807, 2.05) is 22.4 Å². The lowest BCUT2D eigenvalue weighted by Crippen LogP contribution is -2.45. The Balaban J connectivity index is 1.36. The van der Waals surface area contributed by atoms with Crippen molar-refractivity contribution in [1.29, 1.82) is 0 Å². The topological polar surface area (TPSA) is 61.9 Å². The molecule has 1 aromatic heterocycles. The van der Waals surface area contributed by atoms with Crippen LogP contribution in [0.2, 0.25) is 0 Å². The van der Waals surface area contributed by atoms with E-state index < -0.39 is 0 Å². The van der Waals surface area contributed by atoms with E-state index in [0.717, 1.165) is 50.6 Å². The first-order valence-corrected chi connectivity index (χ1v) is 9.52. The molecule has 0 aliphatic carbocycles. The zero-order chi connectivity index (χ0) is 16.8. The van der Waals surface area contributed by atoms with Gasteiger partial charge in [-0.25, -0.2) is 0 Å². The van der Waals surface area contributed by atoms with Crippen molar-refractivity contribution in [3.63, 3.8) is 0 Å². The van der Waals surface area contributed by atoms with Gasteiger partial charge in [-0.1, -0.05) is 6.07 Å². The number of amides is 2. The predicted octanol–water partition coefficient (Wildman–Crippen LogP) is 1.05. The molecule has 1 N–H and O–H groups in total. The predicted molar refractivity (Wildman–Crippen MR) is 93.2 cm³/mol. The third-order valence-electron chi connectivity index (χ3n) is 4.72. The van der Waals surface area contributed by atoms with Crippen molar-refractivity contribution < 1.29 is 14.3 Å². The molecule has 0 spiro atoms. The van der Waals surface area contributed by atoms with Crippen molar-refractivity contribution in [2.75, 3.05) is 52.5 Å². The molecule has 0 saturated carbocycles. The lowest BCUT2D eigenvalue weighted by atomic mass is 9.96. The minimum atomic E-state index is 0.0297. The van der Waals surface area contributed by atoms with Crippen LogP contribution in [0.3, 0.4) is 0 Å². The summed E-state index contributed by atoms with van der Waals surface area (Å²) in [6, 6.07) is 3.75. The number of carbonyl (C=O) groups is 2. The fourth-order valence-corrected chi connectivity index (χ4v) is 3.90. The van der Waals surface area contributed by atoms with E-state index in [1.54, 1.807) is 0 Å². The molecule has 2 aliphatic rings. The van der Waals surface area contributed by atoms with E-state index in [1.165, 1.54) is 11.3 Å². The molecule has 3 heterocycles. The largest absolute Gasteiger partial charge is 0.379 e. The van der Waals surface area contributed by atoms with Gasteiger partial charge in [-0.15, -0.1) is 11.3 Å². The summed E-state index contributed by atoms with van der Waals surface area (Å²) in [6.45, 7) is 6.35. The second-order valence-corrected chi connectivity index (χ2v) is 7.24. The smallest absolute Gasteiger partial charge is 0.263 e. The summed E-state index contributed by atoms with van der Waals surface area (Å²) in [7, 11) is 0. The zero-order valence-corrected chi connectivity index (χ0v) is 14.7. The maximum absolute atomic E-state index is 12.3. The highest BCUT2D eigenvalue weighted by Gasteiger charge is 2.28. The van der Waals surface area contributed by atoms with Crippen molar-refractivity contribution in [2.24, 2.45) is 5.92 Å². The lowest BCUT2D eigenvalue weighted by molar-refractivity contribution is -0.126. The van der Waals surface area contributed by atoms with Crippen molar-refractivity contribution >= 4 is 23.2 Å². The average molecular weight is 351 g/mol. The molecule has 1 aromatic rings. The summed E-state index contributed by atoms with van der Waals surface area (Å²) < 4.78 is 5.32. The molecule has 0 bridgehead atoms. The summed E-state index contributed by atoms with van der Waals surface area (Å²) in [5.41, 5.74) is 0. The van der Waals surface area contributed by atoms with Crippen LogP contribution in [0.25, 0.3) is 0 Å². The summed E-state index contributed by atoms with van der Waals surface area (Å²) in [6.07, 6.45) is 1.50. The monoisotopic (exact) mass is 351 g/mol. The summed E-state index contributed by atoms with van der Waals surface area (Å²) in [5.74, 6) is 0.254. The van der Waals surface area contributed by atoms with Crippen LogP contribution in [0.5, 0.6) is 0 Å². The van der Waals surface area contributed by atoms with Gasteiger partial charge in [-0.05, 0) is 24.3 Å². The van der Waals surface area contributed by atoms with Crippen LogP contribution in [-0.2, 0) is 9.53 Å². The van der Waals surface area contributed by atoms with Gasteiger partial charge in [-0.3, -0.25) is 14.5 Å². The molecule has 0 radical (unpaired) electrons. The molecule has 2 saturated heterocycles. The number of ether oxygens (including phenoxy) is 1. The third-order valence-corrected chi connectivity index (χ3v) is 5.57. The second-order valence-electron chi connectivity index (χ2n) is 6.29. The maximum atomic E-state index is 12.3. The normalized spacial score (nSPS) is 20.1. The molecule has 2 fully saturated rings. The van der Waals surface area contributed by atoms with Crippen molar-refractivity contribution in [3.05, 3.63) is 22.4 Å². The first kappa shape index (κ1) is 17.4. The molecule has 7 heteroatoms. The van der Waals surface area contributed by atoms with Gasteiger partial charge in [0.05, 0.1) is 18.1 Å². The Kier molecular flexibility index (Phi) is 6.23. The molecular formula is C17H25N3O3S. The number of likely N-dealkylation sites (tertiary alicyclic amines) is 1. The standard InChI is InChI=1S/C17H25N3O3S/c21-16(18-5-8-19-9-11-23-12-10-19)14-3-6-20(7-4-14)17(22)15-2-1-13-24-15/h1-2,13-14H,3-12H2,(H,18,21). The van der Waals surface area contributed by atoms with Gasteiger partial charge >= 0.3 is 0 Å². The SMILES string of the molecule is O=C(NCCN1CCOCC1)C1CCN(C(=O)c2cccs2)CC1. The highest BCUT2D eigenvalue weighted by Crippen LogP contribution is 2.20. The number of nitrogens with one attached hydrogen (secondary N) is 1. The van der Waals surface area contributed by atoms with Crippen LogP contribution in [0, 0.1) is 5.92 Å². The van der Waals surface area contributed by atoms with Crippen LogP contribution >= 0.6 is 11.3 Å².